The molecule has 0 aliphatic rings. The van der Waals surface area contributed by atoms with Crippen molar-refractivity contribution in [1.82, 2.24) is 15.2 Å². The van der Waals surface area contributed by atoms with Crippen molar-refractivity contribution in [3.63, 3.8) is 0 Å². The van der Waals surface area contributed by atoms with Gasteiger partial charge in [-0.2, -0.15) is 5.10 Å². The predicted octanol–water partition coefficient (Wildman–Crippen LogP) is 3.92. The second-order valence-corrected chi connectivity index (χ2v) is 4.66. The van der Waals surface area contributed by atoms with Crippen molar-refractivity contribution in [3.05, 3.63) is 60.7 Å². The van der Waals surface area contributed by atoms with E-state index in [-0.39, 0.29) is 5.82 Å². The van der Waals surface area contributed by atoms with Crippen molar-refractivity contribution in [3.8, 4) is 11.1 Å². The Labute approximate surface area is 114 Å². The minimum absolute atomic E-state index is 0.273. The fourth-order valence-corrected chi connectivity index (χ4v) is 2.50. The third kappa shape index (κ3) is 1.58. The average molecular weight is 263 g/mol. The summed E-state index contributed by atoms with van der Waals surface area (Å²) in [6, 6.07) is 12.8. The van der Waals surface area contributed by atoms with Gasteiger partial charge in [-0.25, -0.2) is 4.39 Å². The van der Waals surface area contributed by atoms with Crippen molar-refractivity contribution in [2.24, 2.45) is 0 Å². The van der Waals surface area contributed by atoms with Crippen molar-refractivity contribution >= 4 is 21.8 Å². The number of H-pyrrole nitrogens is 1. The van der Waals surface area contributed by atoms with E-state index < -0.39 is 0 Å². The van der Waals surface area contributed by atoms with Crippen molar-refractivity contribution in [1.29, 1.82) is 0 Å². The highest BCUT2D eigenvalue weighted by Gasteiger charge is 2.11. The normalized spacial score (nSPS) is 11.2. The molecule has 0 aliphatic carbocycles. The molecule has 2 aromatic heterocycles. The van der Waals surface area contributed by atoms with Gasteiger partial charge in [0.05, 0.1) is 17.2 Å². The van der Waals surface area contributed by atoms with Crippen LogP contribution in [0.5, 0.6) is 0 Å². The highest BCUT2D eigenvalue weighted by molar-refractivity contribution is 5.96. The number of nitrogens with zero attached hydrogens (tertiary/aromatic N) is 2. The fourth-order valence-electron chi connectivity index (χ4n) is 2.50. The molecule has 96 valence electrons. The second kappa shape index (κ2) is 4.13. The lowest BCUT2D eigenvalue weighted by Gasteiger charge is -2.07. The van der Waals surface area contributed by atoms with Crippen LogP contribution in [0.4, 0.5) is 4.39 Å². The zero-order valence-corrected chi connectivity index (χ0v) is 10.5. The lowest BCUT2D eigenvalue weighted by molar-refractivity contribution is 0.633. The molecule has 0 atom stereocenters. The molecule has 0 radical (unpaired) electrons. The largest absolute Gasteiger partial charge is 0.278 e. The highest BCUT2D eigenvalue weighted by Crippen LogP contribution is 2.31. The van der Waals surface area contributed by atoms with E-state index >= 15 is 0 Å². The van der Waals surface area contributed by atoms with Crippen LogP contribution < -0.4 is 0 Å². The molecule has 0 saturated heterocycles. The predicted molar refractivity (Wildman–Crippen MR) is 76.8 cm³/mol. The molecule has 4 aromatic rings. The van der Waals surface area contributed by atoms with E-state index in [1.54, 1.807) is 12.4 Å². The van der Waals surface area contributed by atoms with E-state index in [1.165, 1.54) is 6.07 Å². The number of halogens is 1. The standard InChI is InChI=1S/C16H10FN3/c17-14-8-16-10(3-2-6-18-16)7-12(14)11-4-1-5-15-13(11)9-19-20-15/h1-9H,(H,19,20). The summed E-state index contributed by atoms with van der Waals surface area (Å²) in [5.41, 5.74) is 2.96. The number of benzene rings is 2. The van der Waals surface area contributed by atoms with Gasteiger partial charge >= 0.3 is 0 Å². The van der Waals surface area contributed by atoms with Crippen molar-refractivity contribution in [2.75, 3.05) is 0 Å². The smallest absolute Gasteiger partial charge is 0.133 e. The van der Waals surface area contributed by atoms with Crippen LogP contribution in [0, 0.1) is 5.82 Å². The molecule has 0 aliphatic heterocycles. The Morgan fingerprint density at radius 2 is 1.95 bits per heavy atom. The van der Waals surface area contributed by atoms with E-state index in [0.717, 1.165) is 21.9 Å². The van der Waals surface area contributed by atoms with Crippen molar-refractivity contribution < 1.29 is 4.39 Å². The Bertz CT molecular complexity index is 927. The van der Waals surface area contributed by atoms with E-state index in [1.807, 2.05) is 36.4 Å². The van der Waals surface area contributed by atoms with Crippen LogP contribution in [-0.4, -0.2) is 15.2 Å². The maximum atomic E-state index is 14.4. The first-order chi connectivity index (χ1) is 9.83. The first-order valence-electron chi connectivity index (χ1n) is 6.30. The first kappa shape index (κ1) is 11.1. The summed E-state index contributed by atoms with van der Waals surface area (Å²) >= 11 is 0. The van der Waals surface area contributed by atoms with Gasteiger partial charge in [0.25, 0.3) is 0 Å². The van der Waals surface area contributed by atoms with E-state index in [2.05, 4.69) is 15.2 Å². The summed E-state index contributed by atoms with van der Waals surface area (Å²) in [7, 11) is 0. The number of hydrogen-bond donors (Lipinski definition) is 1. The van der Waals surface area contributed by atoms with E-state index in [0.29, 0.717) is 11.1 Å². The first-order valence-corrected chi connectivity index (χ1v) is 6.30. The summed E-state index contributed by atoms with van der Waals surface area (Å²) in [6.07, 6.45) is 3.38. The average Bonchev–Trinajstić information content (AvgIpc) is 2.95. The molecule has 0 fully saturated rings. The summed E-state index contributed by atoms with van der Waals surface area (Å²) in [5, 5.41) is 8.75. The molecule has 1 N–H and O–H groups in total. The number of nitrogens with one attached hydrogen (secondary N) is 1. The molecule has 20 heavy (non-hydrogen) atoms. The van der Waals surface area contributed by atoms with Gasteiger partial charge in [0, 0.05) is 28.6 Å². The monoisotopic (exact) mass is 263 g/mol. The minimum atomic E-state index is -0.273. The summed E-state index contributed by atoms with van der Waals surface area (Å²) in [6.45, 7) is 0. The number of aromatic amines is 1. The summed E-state index contributed by atoms with van der Waals surface area (Å²) in [4.78, 5) is 4.17. The SMILES string of the molecule is Fc1cc2ncccc2cc1-c1cccc2[nH]ncc12. The lowest BCUT2D eigenvalue weighted by atomic mass is 9.99. The number of rotatable bonds is 1. The Kier molecular flexibility index (Phi) is 2.29. The van der Waals surface area contributed by atoms with Crippen LogP contribution in [0.2, 0.25) is 0 Å². The van der Waals surface area contributed by atoms with Crippen molar-refractivity contribution in [2.45, 2.75) is 0 Å². The lowest BCUT2D eigenvalue weighted by Crippen LogP contribution is -1.88. The maximum absolute atomic E-state index is 14.4. The highest BCUT2D eigenvalue weighted by atomic mass is 19.1. The van der Waals surface area contributed by atoms with Gasteiger partial charge in [-0.05, 0) is 23.8 Å². The van der Waals surface area contributed by atoms with E-state index in [4.69, 9.17) is 0 Å². The number of hydrogen-bond acceptors (Lipinski definition) is 2. The maximum Gasteiger partial charge on any atom is 0.133 e. The topological polar surface area (TPSA) is 41.6 Å². The molecule has 0 bridgehead atoms. The van der Waals surface area contributed by atoms with Gasteiger partial charge in [0.2, 0.25) is 0 Å². The van der Waals surface area contributed by atoms with Gasteiger partial charge in [0.1, 0.15) is 5.82 Å². The van der Waals surface area contributed by atoms with Crippen LogP contribution in [-0.2, 0) is 0 Å². The summed E-state index contributed by atoms with van der Waals surface area (Å²) < 4.78 is 14.4. The Morgan fingerprint density at radius 1 is 1.00 bits per heavy atom. The zero-order valence-electron chi connectivity index (χ0n) is 10.5. The fraction of sp³-hybridized carbons (Fsp3) is 0. The van der Waals surface area contributed by atoms with Crippen LogP contribution in [0.1, 0.15) is 0 Å². The van der Waals surface area contributed by atoms with Crippen LogP contribution in [0.3, 0.4) is 0 Å². The Balaban J connectivity index is 2.06. The molecule has 0 amide bonds. The zero-order chi connectivity index (χ0) is 13.5. The van der Waals surface area contributed by atoms with Gasteiger partial charge < -0.3 is 0 Å². The Morgan fingerprint density at radius 3 is 2.90 bits per heavy atom. The number of fused-ring (bicyclic) bond motifs is 2. The van der Waals surface area contributed by atoms with Crippen LogP contribution >= 0.6 is 0 Å². The molecule has 3 nitrogen and oxygen atoms in total. The molecule has 4 heteroatoms. The van der Waals surface area contributed by atoms with Gasteiger partial charge in [-0.3, -0.25) is 10.1 Å². The molecule has 0 spiro atoms. The van der Waals surface area contributed by atoms with Crippen LogP contribution in [0.15, 0.2) is 54.9 Å². The molecular formula is C16H10FN3. The van der Waals surface area contributed by atoms with Gasteiger partial charge in [-0.15, -0.1) is 0 Å². The third-order valence-corrected chi connectivity index (χ3v) is 3.47. The quantitative estimate of drug-likeness (QED) is 0.565. The van der Waals surface area contributed by atoms with Gasteiger partial charge in [-0.1, -0.05) is 18.2 Å². The molecule has 0 saturated carbocycles. The number of pyridine rings is 1. The molecule has 2 heterocycles. The third-order valence-electron chi connectivity index (χ3n) is 3.47. The van der Waals surface area contributed by atoms with E-state index in [9.17, 15) is 4.39 Å². The minimum Gasteiger partial charge on any atom is -0.278 e. The number of aromatic nitrogens is 3. The molecule has 2 aromatic carbocycles. The molecule has 4 rings (SSSR count). The summed E-state index contributed by atoms with van der Waals surface area (Å²) in [5.74, 6) is -0.273. The molecule has 0 unspecified atom stereocenters. The second-order valence-electron chi connectivity index (χ2n) is 4.66. The molecular weight excluding hydrogens is 253 g/mol. The van der Waals surface area contributed by atoms with Gasteiger partial charge in [0.15, 0.2) is 0 Å². The Hall–Kier alpha value is -2.75. The van der Waals surface area contributed by atoms with Crippen LogP contribution in [0.25, 0.3) is 32.9 Å².